The van der Waals surface area contributed by atoms with E-state index in [9.17, 15) is 9.59 Å². The minimum absolute atomic E-state index is 0.0132. The zero-order chi connectivity index (χ0) is 24.4. The molecule has 33 heavy (non-hydrogen) atoms. The van der Waals surface area contributed by atoms with Crippen LogP contribution in [0.4, 0.5) is 0 Å². The van der Waals surface area contributed by atoms with E-state index in [1.807, 2.05) is 26.8 Å². The van der Waals surface area contributed by atoms with Crippen molar-refractivity contribution in [3.05, 3.63) is 52.0 Å². The number of halogens is 1. The van der Waals surface area contributed by atoms with Crippen molar-refractivity contribution in [2.75, 3.05) is 13.7 Å². The van der Waals surface area contributed by atoms with E-state index >= 15 is 0 Å². The lowest BCUT2D eigenvalue weighted by Gasteiger charge is -2.16. The summed E-state index contributed by atoms with van der Waals surface area (Å²) in [7, 11) is 1.58. The number of hydrogen-bond acceptors (Lipinski definition) is 6. The van der Waals surface area contributed by atoms with Crippen LogP contribution in [0.1, 0.15) is 38.8 Å². The predicted molar refractivity (Wildman–Crippen MR) is 131 cm³/mol. The van der Waals surface area contributed by atoms with E-state index in [2.05, 4.69) is 31.8 Å². The SMILES string of the molecule is CCOc1cc(C=NNC(=O)C(C)NC(=O)Cc2ccc(OC)cc2)cc(Br)c1OC(C)C. The number of amides is 2. The van der Waals surface area contributed by atoms with Gasteiger partial charge in [0.25, 0.3) is 5.91 Å². The first kappa shape index (κ1) is 26.2. The molecular weight excluding hydrogens is 490 g/mol. The van der Waals surface area contributed by atoms with Crippen molar-refractivity contribution in [3.8, 4) is 17.2 Å². The van der Waals surface area contributed by atoms with Crippen LogP contribution in [-0.2, 0) is 16.0 Å². The summed E-state index contributed by atoms with van der Waals surface area (Å²) in [6.07, 6.45) is 1.64. The molecule has 1 atom stereocenters. The highest BCUT2D eigenvalue weighted by Crippen LogP contribution is 2.37. The van der Waals surface area contributed by atoms with Gasteiger partial charge in [-0.05, 0) is 79.0 Å². The van der Waals surface area contributed by atoms with Crippen molar-refractivity contribution in [3.63, 3.8) is 0 Å². The maximum absolute atomic E-state index is 12.3. The number of hydrazone groups is 1. The summed E-state index contributed by atoms with van der Waals surface area (Å²) in [6.45, 7) is 7.83. The monoisotopic (exact) mass is 519 g/mol. The third-order valence-corrected chi connectivity index (χ3v) is 4.96. The smallest absolute Gasteiger partial charge is 0.262 e. The molecule has 1 unspecified atom stereocenters. The summed E-state index contributed by atoms with van der Waals surface area (Å²) in [5.74, 6) is 1.21. The van der Waals surface area contributed by atoms with Crippen LogP contribution in [0.25, 0.3) is 0 Å². The van der Waals surface area contributed by atoms with Crippen LogP contribution in [0.5, 0.6) is 17.2 Å². The van der Waals surface area contributed by atoms with E-state index in [1.165, 1.54) is 6.21 Å². The lowest BCUT2D eigenvalue weighted by Crippen LogP contribution is -2.43. The van der Waals surface area contributed by atoms with Gasteiger partial charge in [-0.15, -0.1) is 0 Å². The first-order valence-corrected chi connectivity index (χ1v) is 11.4. The normalized spacial score (nSPS) is 11.8. The molecule has 2 rings (SSSR count). The van der Waals surface area contributed by atoms with Gasteiger partial charge in [-0.2, -0.15) is 5.10 Å². The highest BCUT2D eigenvalue weighted by atomic mass is 79.9. The standard InChI is InChI=1S/C24H30BrN3O5/c1-6-32-21-12-18(11-20(25)23(21)33-15(2)3)14-26-28-24(30)16(4)27-22(29)13-17-7-9-19(31-5)10-8-17/h7-12,14-16H,6,13H2,1-5H3,(H,27,29)(H,28,30). The zero-order valence-corrected chi connectivity index (χ0v) is 21.1. The molecule has 0 aliphatic rings. The molecule has 9 heteroatoms. The highest BCUT2D eigenvalue weighted by molar-refractivity contribution is 9.10. The molecule has 0 aliphatic carbocycles. The Kier molecular flexibility index (Phi) is 10.2. The van der Waals surface area contributed by atoms with Crippen molar-refractivity contribution in [1.82, 2.24) is 10.7 Å². The first-order valence-electron chi connectivity index (χ1n) is 10.6. The molecule has 0 radical (unpaired) electrons. The van der Waals surface area contributed by atoms with Crippen LogP contribution in [-0.4, -0.2) is 43.9 Å². The molecule has 2 aromatic carbocycles. The molecule has 8 nitrogen and oxygen atoms in total. The molecule has 2 aromatic rings. The van der Waals surface area contributed by atoms with Crippen LogP contribution in [0, 0.1) is 0 Å². The molecule has 178 valence electrons. The van der Waals surface area contributed by atoms with E-state index in [1.54, 1.807) is 44.4 Å². The molecule has 2 N–H and O–H groups in total. The summed E-state index contributed by atoms with van der Waals surface area (Å²) in [4.78, 5) is 24.5. The molecular formula is C24H30BrN3O5. The second-order valence-corrected chi connectivity index (χ2v) is 8.33. The number of carbonyl (C=O) groups excluding carboxylic acids is 2. The Bertz CT molecular complexity index is 977. The third kappa shape index (κ3) is 8.42. The predicted octanol–water partition coefficient (Wildman–Crippen LogP) is 3.84. The van der Waals surface area contributed by atoms with Gasteiger partial charge in [-0.25, -0.2) is 5.43 Å². The molecule has 0 saturated carbocycles. The van der Waals surface area contributed by atoms with Crippen molar-refractivity contribution in [2.45, 2.75) is 46.3 Å². The number of methoxy groups -OCH3 is 1. The molecule has 0 fully saturated rings. The molecule has 0 heterocycles. The number of rotatable bonds is 11. The van der Waals surface area contributed by atoms with E-state index in [-0.39, 0.29) is 18.4 Å². The van der Waals surface area contributed by atoms with Gasteiger partial charge in [-0.3, -0.25) is 9.59 Å². The van der Waals surface area contributed by atoms with Gasteiger partial charge >= 0.3 is 0 Å². The Morgan fingerprint density at radius 2 is 1.85 bits per heavy atom. The first-order chi connectivity index (χ1) is 15.7. The van der Waals surface area contributed by atoms with Crippen LogP contribution in [0.15, 0.2) is 46.0 Å². The number of ether oxygens (including phenoxy) is 3. The molecule has 0 aliphatic heterocycles. The van der Waals surface area contributed by atoms with Crippen molar-refractivity contribution < 1.29 is 23.8 Å². The topological polar surface area (TPSA) is 98.2 Å². The van der Waals surface area contributed by atoms with Gasteiger partial charge in [0.2, 0.25) is 5.91 Å². The maximum atomic E-state index is 12.3. The Labute approximate surface area is 202 Å². The largest absolute Gasteiger partial charge is 0.497 e. The third-order valence-electron chi connectivity index (χ3n) is 4.37. The van der Waals surface area contributed by atoms with Crippen LogP contribution < -0.4 is 25.0 Å². The number of nitrogens with zero attached hydrogens (tertiary/aromatic N) is 1. The second kappa shape index (κ2) is 12.8. The maximum Gasteiger partial charge on any atom is 0.262 e. The highest BCUT2D eigenvalue weighted by Gasteiger charge is 2.16. The van der Waals surface area contributed by atoms with Crippen LogP contribution in [0.3, 0.4) is 0 Å². The summed E-state index contributed by atoms with van der Waals surface area (Å²) in [6, 6.07) is 10.0. The van der Waals surface area contributed by atoms with Crippen molar-refractivity contribution >= 4 is 34.0 Å². The van der Waals surface area contributed by atoms with E-state index in [0.29, 0.717) is 33.9 Å². The number of benzene rings is 2. The van der Waals surface area contributed by atoms with E-state index in [0.717, 1.165) is 5.56 Å². The van der Waals surface area contributed by atoms with E-state index in [4.69, 9.17) is 14.2 Å². The molecule has 0 aromatic heterocycles. The molecule has 0 bridgehead atoms. The summed E-state index contributed by atoms with van der Waals surface area (Å²) < 4.78 is 17.3. The number of nitrogens with one attached hydrogen (secondary N) is 2. The van der Waals surface area contributed by atoms with Crippen molar-refractivity contribution in [2.24, 2.45) is 5.10 Å². The Balaban J connectivity index is 1.94. The molecule has 0 spiro atoms. The van der Waals surface area contributed by atoms with Crippen LogP contribution >= 0.6 is 15.9 Å². The Morgan fingerprint density at radius 3 is 2.45 bits per heavy atom. The minimum Gasteiger partial charge on any atom is -0.497 e. The van der Waals surface area contributed by atoms with Gasteiger partial charge < -0.3 is 19.5 Å². The Morgan fingerprint density at radius 1 is 1.15 bits per heavy atom. The van der Waals surface area contributed by atoms with Gasteiger partial charge in [-0.1, -0.05) is 12.1 Å². The fourth-order valence-electron chi connectivity index (χ4n) is 2.83. The number of hydrogen-bond donors (Lipinski definition) is 2. The minimum atomic E-state index is -0.750. The van der Waals surface area contributed by atoms with Crippen molar-refractivity contribution in [1.29, 1.82) is 0 Å². The average Bonchev–Trinajstić information content (AvgIpc) is 2.76. The number of carbonyl (C=O) groups is 2. The quantitative estimate of drug-likeness (QED) is 0.347. The van der Waals surface area contributed by atoms with Crippen LogP contribution in [0.2, 0.25) is 0 Å². The fraction of sp³-hybridized carbons (Fsp3) is 0.375. The van der Waals surface area contributed by atoms with Gasteiger partial charge in [0.05, 0.1) is 36.9 Å². The Hall–Kier alpha value is -3.07. The molecule has 2 amide bonds. The van der Waals surface area contributed by atoms with Gasteiger partial charge in [0.15, 0.2) is 11.5 Å². The van der Waals surface area contributed by atoms with E-state index < -0.39 is 11.9 Å². The summed E-state index contributed by atoms with van der Waals surface area (Å²) in [5.41, 5.74) is 3.97. The lowest BCUT2D eigenvalue weighted by molar-refractivity contribution is -0.128. The summed E-state index contributed by atoms with van der Waals surface area (Å²) in [5, 5.41) is 6.66. The van der Waals surface area contributed by atoms with Gasteiger partial charge in [0, 0.05) is 0 Å². The lowest BCUT2D eigenvalue weighted by atomic mass is 10.1. The second-order valence-electron chi connectivity index (χ2n) is 7.48. The average molecular weight is 520 g/mol. The fourth-order valence-corrected chi connectivity index (χ4v) is 3.38. The van der Waals surface area contributed by atoms with Gasteiger partial charge in [0.1, 0.15) is 11.8 Å². The summed E-state index contributed by atoms with van der Waals surface area (Å²) >= 11 is 3.49. The molecule has 0 saturated heterocycles. The zero-order valence-electron chi connectivity index (χ0n) is 19.5.